The van der Waals surface area contributed by atoms with Crippen molar-refractivity contribution in [1.82, 2.24) is 15.0 Å². The van der Waals surface area contributed by atoms with E-state index in [0.717, 1.165) is 38.3 Å². The van der Waals surface area contributed by atoms with E-state index in [0.29, 0.717) is 22.5 Å². The Balaban J connectivity index is 1.32. The van der Waals surface area contributed by atoms with E-state index in [1.54, 1.807) is 0 Å². The minimum absolute atomic E-state index is 0.0138. The Kier molecular flexibility index (Phi) is 4.34. The van der Waals surface area contributed by atoms with Gasteiger partial charge in [0, 0.05) is 27.5 Å². The number of rotatable bonds is 4. The number of benzene rings is 6. The molecule has 0 bridgehead atoms. The molecular formula is C37H23N3O. The van der Waals surface area contributed by atoms with Gasteiger partial charge in [-0.15, -0.1) is 0 Å². The molecule has 192 valence electrons. The molecule has 0 N–H and O–H groups in total. The fourth-order valence-corrected chi connectivity index (χ4v) is 5.15. The highest BCUT2D eigenvalue weighted by molar-refractivity contribution is 6.10. The molecule has 8 aromatic rings. The fourth-order valence-electron chi connectivity index (χ4n) is 5.15. The molecule has 4 nitrogen and oxygen atoms in total. The SMILES string of the molecule is [2H]c1c([2H])c([2H])c(-c2nc(-c3ccc(-c4ccccc4)cc3)nc(-c3ccc4c(c3)oc3cc5ccccc5cc34)n2)c([2H])c1[2H]. The molecule has 0 aliphatic heterocycles. The predicted octanol–water partition coefficient (Wildman–Crippen LogP) is 9.59. The van der Waals surface area contributed by atoms with Crippen LogP contribution < -0.4 is 0 Å². The number of furan rings is 1. The molecule has 0 spiro atoms. The third kappa shape index (κ3) is 4.23. The molecule has 0 fully saturated rings. The van der Waals surface area contributed by atoms with E-state index in [-0.39, 0.29) is 29.3 Å². The van der Waals surface area contributed by atoms with Crippen molar-refractivity contribution >= 4 is 32.7 Å². The second-order valence-corrected chi connectivity index (χ2v) is 9.76. The molecule has 4 heteroatoms. The average Bonchev–Trinajstić information content (AvgIpc) is 3.45. The molecule has 8 rings (SSSR count). The van der Waals surface area contributed by atoms with Gasteiger partial charge in [-0.1, -0.05) is 115 Å². The number of aromatic nitrogens is 3. The normalized spacial score (nSPS) is 13.1. The van der Waals surface area contributed by atoms with Gasteiger partial charge in [0.25, 0.3) is 0 Å². The molecule has 0 unspecified atom stereocenters. The van der Waals surface area contributed by atoms with E-state index in [1.807, 2.05) is 97.1 Å². The highest BCUT2D eigenvalue weighted by Crippen LogP contribution is 2.35. The molecule has 6 aromatic carbocycles. The Morgan fingerprint density at radius 1 is 0.439 bits per heavy atom. The maximum Gasteiger partial charge on any atom is 0.164 e. The average molecular weight is 531 g/mol. The standard InChI is InChI=1S/C37H23N3O/c1-3-9-24(10-4-1)25-15-17-27(18-16-25)36-38-35(26-11-5-2-6-12-26)39-37(40-36)30-19-20-31-32-21-28-13-7-8-14-29(28)22-34(32)41-33(31)23-30/h1-23H/i2D,5D,6D,11D,12D. The topological polar surface area (TPSA) is 51.8 Å². The van der Waals surface area contributed by atoms with E-state index in [1.165, 1.54) is 0 Å². The summed E-state index contributed by atoms with van der Waals surface area (Å²) in [4.78, 5) is 14.1. The van der Waals surface area contributed by atoms with E-state index in [9.17, 15) is 0 Å². The van der Waals surface area contributed by atoms with Crippen LogP contribution in [0.25, 0.3) is 78.0 Å². The minimum Gasteiger partial charge on any atom is -0.456 e. The quantitative estimate of drug-likeness (QED) is 0.227. The maximum absolute atomic E-state index is 8.59. The van der Waals surface area contributed by atoms with Crippen LogP contribution in [0.2, 0.25) is 0 Å². The largest absolute Gasteiger partial charge is 0.456 e. The van der Waals surface area contributed by atoms with Gasteiger partial charge in [0.15, 0.2) is 17.5 Å². The van der Waals surface area contributed by atoms with E-state index < -0.39 is 18.1 Å². The molecule has 0 atom stereocenters. The zero-order valence-corrected chi connectivity index (χ0v) is 21.6. The summed E-state index contributed by atoms with van der Waals surface area (Å²) in [5.41, 5.74) is 4.74. The van der Waals surface area contributed by atoms with Crippen molar-refractivity contribution in [3.8, 4) is 45.3 Å². The molecule has 2 heterocycles. The Hall–Kier alpha value is -5.61. The highest BCUT2D eigenvalue weighted by Gasteiger charge is 2.15. The lowest BCUT2D eigenvalue weighted by Crippen LogP contribution is -2.00. The van der Waals surface area contributed by atoms with Gasteiger partial charge in [0.2, 0.25) is 0 Å². The van der Waals surface area contributed by atoms with Crippen molar-refractivity contribution in [2.75, 3.05) is 0 Å². The van der Waals surface area contributed by atoms with Gasteiger partial charge in [-0.25, -0.2) is 15.0 Å². The van der Waals surface area contributed by atoms with Crippen molar-refractivity contribution < 1.29 is 11.3 Å². The first-order valence-electron chi connectivity index (χ1n) is 15.7. The van der Waals surface area contributed by atoms with E-state index in [4.69, 9.17) is 16.3 Å². The van der Waals surface area contributed by atoms with Crippen LogP contribution in [-0.4, -0.2) is 15.0 Å². The summed E-state index contributed by atoms with van der Waals surface area (Å²) in [6.45, 7) is 0. The monoisotopic (exact) mass is 530 g/mol. The van der Waals surface area contributed by atoms with Crippen LogP contribution in [-0.2, 0) is 0 Å². The van der Waals surface area contributed by atoms with Gasteiger partial charge in [-0.3, -0.25) is 0 Å². The smallest absolute Gasteiger partial charge is 0.164 e. The Morgan fingerprint density at radius 3 is 1.76 bits per heavy atom. The molecule has 41 heavy (non-hydrogen) atoms. The summed E-state index contributed by atoms with van der Waals surface area (Å²) in [5, 5.41) is 4.14. The lowest BCUT2D eigenvalue weighted by atomic mass is 10.0. The molecule has 0 aliphatic rings. The molecule has 0 saturated carbocycles. The Labute approximate surface area is 243 Å². The first-order chi connectivity index (χ1) is 22.4. The Morgan fingerprint density at radius 2 is 1.00 bits per heavy atom. The highest BCUT2D eigenvalue weighted by atomic mass is 16.3. The molecule has 0 saturated heterocycles. The summed E-state index contributed by atoms with van der Waals surface area (Å²) >= 11 is 0. The van der Waals surface area contributed by atoms with Gasteiger partial charge in [0.1, 0.15) is 11.2 Å². The third-order valence-electron chi connectivity index (χ3n) is 7.21. The van der Waals surface area contributed by atoms with Crippen LogP contribution in [0.15, 0.2) is 144 Å². The van der Waals surface area contributed by atoms with Crippen LogP contribution >= 0.6 is 0 Å². The van der Waals surface area contributed by atoms with Crippen LogP contribution in [0.1, 0.15) is 6.85 Å². The lowest BCUT2D eigenvalue weighted by molar-refractivity contribution is 0.669. The van der Waals surface area contributed by atoms with Crippen LogP contribution in [0, 0.1) is 0 Å². The lowest BCUT2D eigenvalue weighted by Gasteiger charge is -2.09. The zero-order chi connectivity index (χ0) is 31.5. The van der Waals surface area contributed by atoms with Crippen molar-refractivity contribution in [2.24, 2.45) is 0 Å². The second kappa shape index (κ2) is 9.54. The first kappa shape index (κ1) is 18.6. The minimum atomic E-state index is -0.479. The van der Waals surface area contributed by atoms with Crippen molar-refractivity contribution in [2.45, 2.75) is 0 Å². The van der Waals surface area contributed by atoms with Crippen molar-refractivity contribution in [3.05, 3.63) is 139 Å². The number of fused-ring (bicyclic) bond motifs is 4. The predicted molar refractivity (Wildman–Crippen MR) is 166 cm³/mol. The maximum atomic E-state index is 8.59. The van der Waals surface area contributed by atoms with Crippen LogP contribution in [0.4, 0.5) is 0 Å². The van der Waals surface area contributed by atoms with Crippen LogP contribution in [0.5, 0.6) is 0 Å². The summed E-state index contributed by atoms with van der Waals surface area (Å²) in [5.74, 6) is 0.578. The van der Waals surface area contributed by atoms with Gasteiger partial charge >= 0.3 is 0 Å². The number of hydrogen-bond acceptors (Lipinski definition) is 4. The summed E-state index contributed by atoms with van der Waals surface area (Å²) in [6, 6.07) is 33.6. The van der Waals surface area contributed by atoms with Crippen molar-refractivity contribution in [1.29, 1.82) is 0 Å². The van der Waals surface area contributed by atoms with E-state index in [2.05, 4.69) is 22.1 Å². The number of hydrogen-bond donors (Lipinski definition) is 0. The zero-order valence-electron chi connectivity index (χ0n) is 26.6. The molecule has 0 radical (unpaired) electrons. The second-order valence-electron chi connectivity index (χ2n) is 9.76. The molecule has 2 aromatic heterocycles. The Bertz CT molecular complexity index is 2450. The molecule has 0 amide bonds. The third-order valence-corrected chi connectivity index (χ3v) is 7.21. The fraction of sp³-hybridized carbons (Fsp3) is 0. The molecule has 0 aliphatic carbocycles. The van der Waals surface area contributed by atoms with Crippen molar-refractivity contribution in [3.63, 3.8) is 0 Å². The first-order valence-corrected chi connectivity index (χ1v) is 13.2. The summed E-state index contributed by atoms with van der Waals surface area (Å²) in [7, 11) is 0. The van der Waals surface area contributed by atoms with Gasteiger partial charge in [-0.2, -0.15) is 0 Å². The van der Waals surface area contributed by atoms with Gasteiger partial charge < -0.3 is 4.42 Å². The van der Waals surface area contributed by atoms with E-state index >= 15 is 0 Å². The number of nitrogens with zero attached hydrogens (tertiary/aromatic N) is 3. The summed E-state index contributed by atoms with van der Waals surface area (Å²) in [6.07, 6.45) is 0. The van der Waals surface area contributed by atoms with Gasteiger partial charge in [0.05, 0.1) is 6.85 Å². The van der Waals surface area contributed by atoms with Crippen LogP contribution in [0.3, 0.4) is 0 Å². The summed E-state index contributed by atoms with van der Waals surface area (Å²) < 4.78 is 48.0. The molecular weight excluding hydrogens is 502 g/mol. The van der Waals surface area contributed by atoms with Gasteiger partial charge in [-0.05, 0) is 46.2 Å².